The number of hydrogen-bond acceptors (Lipinski definition) is 3. The molecule has 1 fully saturated rings. The first-order valence-electron chi connectivity index (χ1n) is 7.67. The Balaban J connectivity index is 2.09. The van der Waals surface area contributed by atoms with Crippen molar-refractivity contribution in [1.29, 1.82) is 0 Å². The number of rotatable bonds is 5. The molecule has 0 spiro atoms. The van der Waals surface area contributed by atoms with Gasteiger partial charge in [0.15, 0.2) is 0 Å². The Morgan fingerprint density at radius 2 is 1.85 bits per heavy atom. The van der Waals surface area contributed by atoms with Gasteiger partial charge in [-0.1, -0.05) is 37.3 Å². The van der Waals surface area contributed by atoms with E-state index < -0.39 is 0 Å². The van der Waals surface area contributed by atoms with Crippen molar-refractivity contribution < 1.29 is 0 Å². The Bertz CT molecular complexity index is 404. The largest absolute Gasteiger partial charge is 0.312 e. The van der Waals surface area contributed by atoms with Crippen LogP contribution in [0.5, 0.6) is 0 Å². The molecule has 0 aromatic heterocycles. The van der Waals surface area contributed by atoms with Crippen LogP contribution in [0.15, 0.2) is 30.3 Å². The highest BCUT2D eigenvalue weighted by molar-refractivity contribution is 5.20. The zero-order chi connectivity index (χ0) is 14.7. The maximum Gasteiger partial charge on any atom is 0.0473 e. The molecular weight excluding hydrogens is 246 g/mol. The molecule has 0 amide bonds. The van der Waals surface area contributed by atoms with Gasteiger partial charge in [0.25, 0.3) is 0 Å². The molecule has 20 heavy (non-hydrogen) atoms. The van der Waals surface area contributed by atoms with E-state index in [1.807, 2.05) is 0 Å². The smallest absolute Gasteiger partial charge is 0.0473 e. The monoisotopic (exact) mass is 275 g/mol. The lowest BCUT2D eigenvalue weighted by Crippen LogP contribution is -2.42. The van der Waals surface area contributed by atoms with Crippen molar-refractivity contribution in [3.8, 4) is 0 Å². The predicted molar refractivity (Wildman–Crippen MR) is 85.9 cm³/mol. The van der Waals surface area contributed by atoms with E-state index in [1.165, 1.54) is 18.7 Å². The minimum Gasteiger partial charge on any atom is -0.312 e. The standard InChI is InChI=1S/C17H29N3/c1-13-11-20(12-16(13)19(4)5)14(2)17(18-3)15-9-7-6-8-10-15/h6-10,13-14,16-18H,11-12H2,1-5H3. The zero-order valence-electron chi connectivity index (χ0n) is 13.5. The van der Waals surface area contributed by atoms with Gasteiger partial charge in [0.05, 0.1) is 0 Å². The summed E-state index contributed by atoms with van der Waals surface area (Å²) in [5, 5.41) is 3.50. The highest BCUT2D eigenvalue weighted by Crippen LogP contribution is 2.27. The third-order valence-electron chi connectivity index (χ3n) is 4.79. The van der Waals surface area contributed by atoms with E-state index in [9.17, 15) is 0 Å². The molecule has 1 aliphatic rings. The van der Waals surface area contributed by atoms with Gasteiger partial charge in [-0.25, -0.2) is 0 Å². The molecule has 1 heterocycles. The van der Waals surface area contributed by atoms with Crippen molar-refractivity contribution in [3.63, 3.8) is 0 Å². The summed E-state index contributed by atoms with van der Waals surface area (Å²) < 4.78 is 0. The summed E-state index contributed by atoms with van der Waals surface area (Å²) >= 11 is 0. The van der Waals surface area contributed by atoms with Crippen LogP contribution >= 0.6 is 0 Å². The summed E-state index contributed by atoms with van der Waals surface area (Å²) in [7, 11) is 6.46. The number of likely N-dealkylation sites (N-methyl/N-ethyl adjacent to an activating group) is 2. The molecule has 3 nitrogen and oxygen atoms in total. The molecule has 1 aromatic carbocycles. The van der Waals surface area contributed by atoms with E-state index in [-0.39, 0.29) is 0 Å². The van der Waals surface area contributed by atoms with Crippen LogP contribution in [0, 0.1) is 5.92 Å². The molecule has 1 aliphatic heterocycles. The fourth-order valence-corrected chi connectivity index (χ4v) is 3.55. The van der Waals surface area contributed by atoms with Gasteiger partial charge in [-0.2, -0.15) is 0 Å². The number of benzene rings is 1. The number of likely N-dealkylation sites (tertiary alicyclic amines) is 1. The van der Waals surface area contributed by atoms with Crippen LogP contribution in [0.1, 0.15) is 25.5 Å². The van der Waals surface area contributed by atoms with Crippen LogP contribution in [0.3, 0.4) is 0 Å². The average molecular weight is 275 g/mol. The van der Waals surface area contributed by atoms with Gasteiger partial charge in [0, 0.05) is 31.2 Å². The molecule has 0 bridgehead atoms. The Labute approximate surface area is 124 Å². The first-order valence-corrected chi connectivity index (χ1v) is 7.67. The van der Waals surface area contributed by atoms with Crippen molar-refractivity contribution in [2.75, 3.05) is 34.2 Å². The van der Waals surface area contributed by atoms with E-state index in [1.54, 1.807) is 0 Å². The first-order chi connectivity index (χ1) is 9.54. The normalized spacial score (nSPS) is 26.9. The van der Waals surface area contributed by atoms with Crippen molar-refractivity contribution in [2.45, 2.75) is 32.0 Å². The Morgan fingerprint density at radius 3 is 2.35 bits per heavy atom. The summed E-state index contributed by atoms with van der Waals surface area (Å²) in [6, 6.07) is 12.4. The van der Waals surface area contributed by atoms with Crippen LogP contribution < -0.4 is 5.32 Å². The third kappa shape index (κ3) is 3.22. The van der Waals surface area contributed by atoms with E-state index in [2.05, 4.69) is 80.4 Å². The molecule has 4 atom stereocenters. The molecule has 0 aliphatic carbocycles. The second-order valence-corrected chi connectivity index (χ2v) is 6.38. The lowest BCUT2D eigenvalue weighted by Gasteiger charge is -2.32. The molecule has 1 saturated heterocycles. The SMILES string of the molecule is CNC(c1ccccc1)C(C)N1CC(C)C(N(C)C)C1. The quantitative estimate of drug-likeness (QED) is 0.889. The molecule has 3 heteroatoms. The van der Waals surface area contributed by atoms with Gasteiger partial charge in [0.1, 0.15) is 0 Å². The van der Waals surface area contributed by atoms with E-state index in [4.69, 9.17) is 0 Å². The van der Waals surface area contributed by atoms with Crippen LogP contribution in [-0.4, -0.2) is 56.1 Å². The second kappa shape index (κ2) is 6.70. The van der Waals surface area contributed by atoms with Crippen molar-refractivity contribution in [2.24, 2.45) is 5.92 Å². The van der Waals surface area contributed by atoms with E-state index in [0.717, 1.165) is 5.92 Å². The van der Waals surface area contributed by atoms with Crippen LogP contribution in [0.4, 0.5) is 0 Å². The summed E-state index contributed by atoms with van der Waals surface area (Å²) in [5.74, 6) is 0.737. The number of nitrogens with one attached hydrogen (secondary N) is 1. The Kier molecular flexibility index (Phi) is 5.19. The van der Waals surface area contributed by atoms with E-state index >= 15 is 0 Å². The second-order valence-electron chi connectivity index (χ2n) is 6.38. The lowest BCUT2D eigenvalue weighted by molar-refractivity contribution is 0.192. The molecule has 2 rings (SSSR count). The summed E-state index contributed by atoms with van der Waals surface area (Å²) in [6.45, 7) is 7.07. The van der Waals surface area contributed by atoms with Crippen LogP contribution in [0.25, 0.3) is 0 Å². The molecular formula is C17H29N3. The molecule has 0 radical (unpaired) electrons. The Morgan fingerprint density at radius 1 is 1.20 bits per heavy atom. The lowest BCUT2D eigenvalue weighted by atomic mass is 9.99. The topological polar surface area (TPSA) is 18.5 Å². The molecule has 4 unspecified atom stereocenters. The van der Waals surface area contributed by atoms with Gasteiger partial charge in [-0.3, -0.25) is 4.90 Å². The Hall–Kier alpha value is -0.900. The van der Waals surface area contributed by atoms with Gasteiger partial charge >= 0.3 is 0 Å². The number of hydrogen-bond donors (Lipinski definition) is 1. The highest BCUT2D eigenvalue weighted by Gasteiger charge is 2.35. The van der Waals surface area contributed by atoms with Crippen molar-refractivity contribution >= 4 is 0 Å². The fraction of sp³-hybridized carbons (Fsp3) is 0.647. The maximum absolute atomic E-state index is 3.50. The summed E-state index contributed by atoms with van der Waals surface area (Å²) in [5.41, 5.74) is 1.38. The van der Waals surface area contributed by atoms with Gasteiger partial charge in [0.2, 0.25) is 0 Å². The van der Waals surface area contributed by atoms with E-state index in [0.29, 0.717) is 18.1 Å². The van der Waals surface area contributed by atoms with Gasteiger partial charge in [-0.15, -0.1) is 0 Å². The van der Waals surface area contributed by atoms with Crippen LogP contribution in [-0.2, 0) is 0 Å². The zero-order valence-corrected chi connectivity index (χ0v) is 13.5. The third-order valence-corrected chi connectivity index (χ3v) is 4.79. The minimum atomic E-state index is 0.393. The average Bonchev–Trinajstić information content (AvgIpc) is 2.83. The number of nitrogens with zero attached hydrogens (tertiary/aromatic N) is 2. The molecule has 1 N–H and O–H groups in total. The minimum absolute atomic E-state index is 0.393. The molecule has 112 valence electrons. The summed E-state index contributed by atoms with van der Waals surface area (Å²) in [4.78, 5) is 5.00. The fourth-order valence-electron chi connectivity index (χ4n) is 3.55. The van der Waals surface area contributed by atoms with Gasteiger partial charge < -0.3 is 10.2 Å². The predicted octanol–water partition coefficient (Wildman–Crippen LogP) is 2.22. The van der Waals surface area contributed by atoms with Crippen molar-refractivity contribution in [1.82, 2.24) is 15.1 Å². The maximum atomic E-state index is 3.50. The van der Waals surface area contributed by atoms with Gasteiger partial charge in [-0.05, 0) is 39.5 Å². The van der Waals surface area contributed by atoms with Crippen molar-refractivity contribution in [3.05, 3.63) is 35.9 Å². The summed E-state index contributed by atoms with van der Waals surface area (Å²) in [6.07, 6.45) is 0. The molecule has 0 saturated carbocycles. The highest BCUT2D eigenvalue weighted by atomic mass is 15.3. The molecule has 1 aromatic rings. The first kappa shape index (κ1) is 15.5. The van der Waals surface area contributed by atoms with Crippen LogP contribution in [0.2, 0.25) is 0 Å².